The molecule has 2 aliphatic rings. The first-order valence-electron chi connectivity index (χ1n) is 9.14. The maximum atomic E-state index is 6.21. The molecule has 1 aromatic heterocycles. The Hall–Kier alpha value is -1.43. The van der Waals surface area contributed by atoms with Gasteiger partial charge < -0.3 is 15.0 Å². The molecule has 130 valence electrons. The van der Waals surface area contributed by atoms with Gasteiger partial charge in [-0.3, -0.25) is 4.90 Å². The lowest BCUT2D eigenvalue weighted by atomic mass is 9.82. The van der Waals surface area contributed by atoms with Crippen LogP contribution in [-0.4, -0.2) is 53.3 Å². The predicted molar refractivity (Wildman–Crippen MR) is 96.1 cm³/mol. The topological polar surface area (TPSA) is 53.2 Å². The van der Waals surface area contributed by atoms with E-state index < -0.39 is 0 Å². The van der Waals surface area contributed by atoms with Crippen molar-refractivity contribution in [2.24, 2.45) is 0 Å². The van der Waals surface area contributed by atoms with Crippen molar-refractivity contribution in [2.75, 3.05) is 26.7 Å². The Bertz CT molecular complexity index is 699. The lowest BCUT2D eigenvalue weighted by Gasteiger charge is -2.45. The molecule has 3 heterocycles. The molecular formula is C19H28N4O. The highest BCUT2D eigenvalue weighted by Crippen LogP contribution is 2.35. The zero-order chi connectivity index (χ0) is 16.6. The van der Waals surface area contributed by atoms with E-state index >= 15 is 0 Å². The van der Waals surface area contributed by atoms with E-state index in [0.717, 1.165) is 68.8 Å². The molecular weight excluding hydrogens is 300 g/mol. The number of aromatic amines is 1. The molecule has 4 rings (SSSR count). The minimum absolute atomic E-state index is 0.105. The normalized spacial score (nSPS) is 24.0. The Balaban J connectivity index is 1.45. The summed E-state index contributed by atoms with van der Waals surface area (Å²) in [5.74, 6) is 1.06. The molecule has 5 nitrogen and oxygen atoms in total. The first-order chi connectivity index (χ1) is 11.6. The average Bonchev–Trinajstić information content (AvgIpc) is 2.97. The Labute approximate surface area is 143 Å². The number of aryl methyl sites for hydroxylation is 1. The van der Waals surface area contributed by atoms with Crippen LogP contribution in [0.2, 0.25) is 0 Å². The van der Waals surface area contributed by atoms with Crippen molar-refractivity contribution in [2.45, 2.75) is 50.8 Å². The van der Waals surface area contributed by atoms with Gasteiger partial charge in [0.25, 0.3) is 0 Å². The summed E-state index contributed by atoms with van der Waals surface area (Å²) in [5, 5.41) is 3.45. The summed E-state index contributed by atoms with van der Waals surface area (Å²) in [7, 11) is 2.23. The van der Waals surface area contributed by atoms with Crippen LogP contribution in [0.3, 0.4) is 0 Å². The molecule has 0 radical (unpaired) electrons. The highest BCUT2D eigenvalue weighted by Gasteiger charge is 2.39. The molecule has 2 fully saturated rings. The zero-order valence-electron chi connectivity index (χ0n) is 14.8. The third-order valence-electron chi connectivity index (χ3n) is 5.69. The average molecular weight is 328 g/mol. The number of nitrogens with zero attached hydrogens (tertiary/aromatic N) is 2. The fourth-order valence-corrected chi connectivity index (χ4v) is 4.23. The standard InChI is InChI=1S/C19H28N4O/c1-14-3-4-16-17(11-14)22-18(21-16)13-23(2)15-5-10-24-19(12-15)6-8-20-9-7-19/h3-4,11,15,20H,5-10,12-13H2,1-2H3,(H,21,22). The number of nitrogens with one attached hydrogen (secondary N) is 2. The van der Waals surface area contributed by atoms with Gasteiger partial charge in [0, 0.05) is 12.6 Å². The van der Waals surface area contributed by atoms with E-state index in [9.17, 15) is 0 Å². The maximum Gasteiger partial charge on any atom is 0.121 e. The maximum absolute atomic E-state index is 6.21. The number of piperidine rings is 1. The molecule has 0 bridgehead atoms. The number of aromatic nitrogens is 2. The molecule has 1 aromatic carbocycles. The van der Waals surface area contributed by atoms with Crippen molar-refractivity contribution >= 4 is 11.0 Å². The summed E-state index contributed by atoms with van der Waals surface area (Å²) >= 11 is 0. The van der Waals surface area contributed by atoms with Gasteiger partial charge in [-0.05, 0) is 70.4 Å². The summed E-state index contributed by atoms with van der Waals surface area (Å²) in [6, 6.07) is 6.97. The quantitative estimate of drug-likeness (QED) is 0.909. The molecule has 2 saturated heterocycles. The fraction of sp³-hybridized carbons (Fsp3) is 0.632. The molecule has 24 heavy (non-hydrogen) atoms. The lowest BCUT2D eigenvalue weighted by molar-refractivity contribution is -0.119. The van der Waals surface area contributed by atoms with E-state index in [1.165, 1.54) is 5.56 Å². The molecule has 0 aliphatic carbocycles. The van der Waals surface area contributed by atoms with E-state index in [1.54, 1.807) is 0 Å². The number of H-pyrrole nitrogens is 1. The van der Waals surface area contributed by atoms with Gasteiger partial charge in [0.2, 0.25) is 0 Å². The first kappa shape index (κ1) is 16.1. The number of benzene rings is 1. The Morgan fingerprint density at radius 2 is 2.17 bits per heavy atom. The van der Waals surface area contributed by atoms with Crippen LogP contribution in [0.15, 0.2) is 18.2 Å². The summed E-state index contributed by atoms with van der Waals surface area (Å²) in [5.41, 5.74) is 3.57. The third-order valence-corrected chi connectivity index (χ3v) is 5.69. The van der Waals surface area contributed by atoms with Crippen LogP contribution >= 0.6 is 0 Å². The van der Waals surface area contributed by atoms with Gasteiger partial charge in [-0.15, -0.1) is 0 Å². The highest BCUT2D eigenvalue weighted by molar-refractivity contribution is 5.75. The van der Waals surface area contributed by atoms with Crippen molar-refractivity contribution < 1.29 is 4.74 Å². The van der Waals surface area contributed by atoms with Crippen LogP contribution in [0.1, 0.15) is 37.1 Å². The molecule has 1 unspecified atom stereocenters. The second-order valence-electron chi connectivity index (χ2n) is 7.55. The number of hydrogen-bond donors (Lipinski definition) is 2. The summed E-state index contributed by atoms with van der Waals surface area (Å²) in [6.45, 7) is 6.03. The largest absolute Gasteiger partial charge is 0.375 e. The number of imidazole rings is 1. The number of fused-ring (bicyclic) bond motifs is 1. The van der Waals surface area contributed by atoms with Crippen molar-refractivity contribution in [3.63, 3.8) is 0 Å². The number of rotatable bonds is 3. The number of ether oxygens (including phenoxy) is 1. The monoisotopic (exact) mass is 328 g/mol. The van der Waals surface area contributed by atoms with Gasteiger partial charge in [-0.2, -0.15) is 0 Å². The summed E-state index contributed by atoms with van der Waals surface area (Å²) in [4.78, 5) is 10.7. The molecule has 2 N–H and O–H groups in total. The Morgan fingerprint density at radius 1 is 1.33 bits per heavy atom. The molecule has 2 aliphatic heterocycles. The van der Waals surface area contributed by atoms with Crippen LogP contribution < -0.4 is 5.32 Å². The van der Waals surface area contributed by atoms with Crippen molar-refractivity contribution in [1.82, 2.24) is 20.2 Å². The van der Waals surface area contributed by atoms with Gasteiger partial charge in [-0.1, -0.05) is 6.07 Å². The minimum Gasteiger partial charge on any atom is -0.375 e. The van der Waals surface area contributed by atoms with Crippen LogP contribution in [0.25, 0.3) is 11.0 Å². The van der Waals surface area contributed by atoms with Gasteiger partial charge in [-0.25, -0.2) is 4.98 Å². The number of hydrogen-bond acceptors (Lipinski definition) is 4. The van der Waals surface area contributed by atoms with Crippen molar-refractivity contribution in [1.29, 1.82) is 0 Å². The second kappa shape index (κ2) is 6.47. The van der Waals surface area contributed by atoms with E-state index in [4.69, 9.17) is 9.72 Å². The Kier molecular flexibility index (Phi) is 4.33. The summed E-state index contributed by atoms with van der Waals surface area (Å²) in [6.07, 6.45) is 4.54. The Morgan fingerprint density at radius 3 is 3.00 bits per heavy atom. The molecule has 1 spiro atoms. The molecule has 0 saturated carbocycles. The van der Waals surface area contributed by atoms with E-state index in [2.05, 4.69) is 47.4 Å². The second-order valence-corrected chi connectivity index (χ2v) is 7.55. The van der Waals surface area contributed by atoms with Crippen LogP contribution in [0.5, 0.6) is 0 Å². The molecule has 0 amide bonds. The van der Waals surface area contributed by atoms with Gasteiger partial charge in [0.1, 0.15) is 5.82 Å². The third kappa shape index (κ3) is 3.21. The van der Waals surface area contributed by atoms with E-state index in [1.807, 2.05) is 0 Å². The fourth-order valence-electron chi connectivity index (χ4n) is 4.23. The van der Waals surface area contributed by atoms with Gasteiger partial charge in [0.15, 0.2) is 0 Å². The zero-order valence-corrected chi connectivity index (χ0v) is 14.8. The lowest BCUT2D eigenvalue weighted by Crippen LogP contribution is -2.52. The molecule has 2 aromatic rings. The summed E-state index contributed by atoms with van der Waals surface area (Å²) < 4.78 is 6.21. The van der Waals surface area contributed by atoms with Crippen LogP contribution in [0, 0.1) is 6.92 Å². The van der Waals surface area contributed by atoms with Crippen LogP contribution in [-0.2, 0) is 11.3 Å². The van der Waals surface area contributed by atoms with Crippen molar-refractivity contribution in [3.8, 4) is 0 Å². The minimum atomic E-state index is 0.105. The van der Waals surface area contributed by atoms with Gasteiger partial charge in [0.05, 0.1) is 23.2 Å². The molecule has 1 atom stereocenters. The van der Waals surface area contributed by atoms with Gasteiger partial charge >= 0.3 is 0 Å². The highest BCUT2D eigenvalue weighted by atomic mass is 16.5. The first-order valence-corrected chi connectivity index (χ1v) is 9.14. The predicted octanol–water partition coefficient (Wildman–Crippen LogP) is 2.60. The SMILES string of the molecule is Cc1ccc2nc(CN(C)C3CCOC4(CCNCC4)C3)[nH]c2c1. The van der Waals surface area contributed by atoms with Crippen LogP contribution in [0.4, 0.5) is 0 Å². The van der Waals surface area contributed by atoms with E-state index in [-0.39, 0.29) is 5.60 Å². The van der Waals surface area contributed by atoms with E-state index in [0.29, 0.717) is 6.04 Å². The van der Waals surface area contributed by atoms with Crippen molar-refractivity contribution in [3.05, 3.63) is 29.6 Å². The smallest absolute Gasteiger partial charge is 0.121 e. The molecule has 5 heteroatoms.